The van der Waals surface area contributed by atoms with Crippen LogP contribution < -0.4 is 4.74 Å². The maximum Gasteiger partial charge on any atom is 0.183 e. The first kappa shape index (κ1) is 12.4. The molecule has 0 aliphatic heterocycles. The minimum Gasteiger partial charge on any atom is -0.488 e. The molecule has 0 bridgehead atoms. The van der Waals surface area contributed by atoms with E-state index in [0.29, 0.717) is 11.1 Å². The summed E-state index contributed by atoms with van der Waals surface area (Å²) in [5.74, 6) is 0.884. The van der Waals surface area contributed by atoms with E-state index in [9.17, 15) is 0 Å². The van der Waals surface area contributed by atoms with Crippen molar-refractivity contribution in [3.8, 4) is 5.75 Å². The number of aromatic nitrogens is 1. The highest BCUT2D eigenvalue weighted by Gasteiger charge is 2.01. The van der Waals surface area contributed by atoms with Gasteiger partial charge in [0.2, 0.25) is 0 Å². The number of ether oxygens (including phenoxy) is 1. The first-order valence-corrected chi connectivity index (χ1v) is 6.79. The molecule has 0 aliphatic rings. The molecule has 4 heteroatoms. The normalized spacial score (nSPS) is 10.5. The van der Waals surface area contributed by atoms with E-state index >= 15 is 0 Å². The average Bonchev–Trinajstić information content (AvgIpc) is 2.75. The van der Waals surface area contributed by atoms with Crippen LogP contribution in [0.2, 0.25) is 4.47 Å². The summed E-state index contributed by atoms with van der Waals surface area (Å²) in [7, 11) is 0. The molecule has 2 nitrogen and oxygen atoms in total. The van der Waals surface area contributed by atoms with Gasteiger partial charge in [-0.2, -0.15) is 0 Å². The van der Waals surface area contributed by atoms with Crippen molar-refractivity contribution >= 4 is 22.9 Å². The van der Waals surface area contributed by atoms with E-state index in [2.05, 4.69) is 24.0 Å². The summed E-state index contributed by atoms with van der Waals surface area (Å²) in [6.45, 7) is 2.70. The van der Waals surface area contributed by atoms with E-state index in [-0.39, 0.29) is 0 Å². The van der Waals surface area contributed by atoms with Crippen LogP contribution in [0.3, 0.4) is 0 Å². The number of hydrogen-bond acceptors (Lipinski definition) is 3. The number of thiazole rings is 1. The first-order valence-electron chi connectivity index (χ1n) is 5.60. The van der Waals surface area contributed by atoms with E-state index in [4.69, 9.17) is 16.3 Å². The summed E-state index contributed by atoms with van der Waals surface area (Å²) in [5, 5.41) is 0. The predicted molar refractivity (Wildman–Crippen MR) is 71.9 cm³/mol. The quantitative estimate of drug-likeness (QED) is 0.805. The summed E-state index contributed by atoms with van der Waals surface area (Å²) in [6.07, 6.45) is 4.03. The molecule has 0 saturated heterocycles. The molecule has 0 atom stereocenters. The molecule has 0 unspecified atom stereocenters. The van der Waals surface area contributed by atoms with E-state index < -0.39 is 0 Å². The molecule has 0 saturated carbocycles. The molecule has 0 N–H and O–H groups in total. The fourth-order valence-corrected chi connectivity index (χ4v) is 2.44. The van der Waals surface area contributed by atoms with Crippen LogP contribution in [0, 0.1) is 0 Å². The maximum atomic E-state index is 5.75. The standard InChI is InChI=1S/C13H14ClNOS/c1-2-3-10-4-6-11(7-5-10)16-9-12-8-15-13(14)17-12/h4-8H,2-3,9H2,1H3. The Morgan fingerprint density at radius 2 is 2.06 bits per heavy atom. The highest BCUT2D eigenvalue weighted by atomic mass is 35.5. The lowest BCUT2D eigenvalue weighted by atomic mass is 10.1. The molecule has 0 amide bonds. The number of hydrogen-bond donors (Lipinski definition) is 0. The monoisotopic (exact) mass is 267 g/mol. The van der Waals surface area contributed by atoms with Gasteiger partial charge in [0, 0.05) is 6.20 Å². The van der Waals surface area contributed by atoms with Crippen LogP contribution in [0.5, 0.6) is 5.75 Å². The Balaban J connectivity index is 1.90. The lowest BCUT2D eigenvalue weighted by molar-refractivity contribution is 0.309. The van der Waals surface area contributed by atoms with Crippen LogP contribution in [0.15, 0.2) is 30.5 Å². The summed E-state index contributed by atoms with van der Waals surface area (Å²) in [4.78, 5) is 5.01. The van der Waals surface area contributed by atoms with Gasteiger partial charge in [-0.1, -0.05) is 37.1 Å². The van der Waals surface area contributed by atoms with Gasteiger partial charge in [0.25, 0.3) is 0 Å². The van der Waals surface area contributed by atoms with Crippen LogP contribution in [-0.2, 0) is 13.0 Å². The third-order valence-corrected chi connectivity index (χ3v) is 3.46. The lowest BCUT2D eigenvalue weighted by Gasteiger charge is -2.05. The molecule has 0 spiro atoms. The highest BCUT2D eigenvalue weighted by Crippen LogP contribution is 2.20. The van der Waals surface area contributed by atoms with Crippen LogP contribution in [-0.4, -0.2) is 4.98 Å². The fraction of sp³-hybridized carbons (Fsp3) is 0.308. The molecule has 0 aliphatic carbocycles. The van der Waals surface area contributed by atoms with Gasteiger partial charge in [-0.05, 0) is 24.1 Å². The second-order valence-corrected chi connectivity index (χ2v) is 5.46. The molecule has 90 valence electrons. The zero-order valence-electron chi connectivity index (χ0n) is 9.65. The minimum absolute atomic E-state index is 0.525. The van der Waals surface area contributed by atoms with Crippen molar-refractivity contribution in [1.82, 2.24) is 4.98 Å². The molecule has 1 heterocycles. The predicted octanol–water partition coefficient (Wildman–Crippen LogP) is 4.33. The summed E-state index contributed by atoms with van der Waals surface area (Å²) >= 11 is 7.20. The SMILES string of the molecule is CCCc1ccc(OCc2cnc(Cl)s2)cc1. The first-order chi connectivity index (χ1) is 8.28. The van der Waals surface area contributed by atoms with Crippen molar-refractivity contribution in [2.75, 3.05) is 0 Å². The van der Waals surface area contributed by atoms with Crippen molar-refractivity contribution in [3.05, 3.63) is 45.4 Å². The minimum atomic E-state index is 0.525. The Bertz CT molecular complexity index is 467. The van der Waals surface area contributed by atoms with E-state index in [1.54, 1.807) is 6.20 Å². The summed E-state index contributed by atoms with van der Waals surface area (Å²) in [5.41, 5.74) is 1.35. The van der Waals surface area contributed by atoms with Crippen molar-refractivity contribution in [1.29, 1.82) is 0 Å². The number of nitrogens with zero attached hydrogens (tertiary/aromatic N) is 1. The average molecular weight is 268 g/mol. The van der Waals surface area contributed by atoms with Crippen LogP contribution in [0.1, 0.15) is 23.8 Å². The van der Waals surface area contributed by atoms with Gasteiger partial charge in [-0.25, -0.2) is 4.98 Å². The Morgan fingerprint density at radius 1 is 1.29 bits per heavy atom. The fourth-order valence-electron chi connectivity index (χ4n) is 1.55. The maximum absolute atomic E-state index is 5.75. The van der Waals surface area contributed by atoms with Gasteiger partial charge in [-0.15, -0.1) is 11.3 Å². The van der Waals surface area contributed by atoms with Gasteiger partial charge < -0.3 is 4.74 Å². The van der Waals surface area contributed by atoms with E-state index in [0.717, 1.165) is 17.0 Å². The largest absolute Gasteiger partial charge is 0.488 e. The van der Waals surface area contributed by atoms with Crippen molar-refractivity contribution in [2.45, 2.75) is 26.4 Å². The van der Waals surface area contributed by atoms with Crippen molar-refractivity contribution in [2.24, 2.45) is 0 Å². The van der Waals surface area contributed by atoms with Gasteiger partial charge in [0.15, 0.2) is 4.47 Å². The Labute approximate surface area is 110 Å². The Hall–Kier alpha value is -1.06. The third-order valence-electron chi connectivity index (χ3n) is 2.37. The van der Waals surface area contributed by atoms with Crippen LogP contribution >= 0.6 is 22.9 Å². The second-order valence-electron chi connectivity index (χ2n) is 3.76. The molecule has 2 aromatic rings. The highest BCUT2D eigenvalue weighted by molar-refractivity contribution is 7.15. The second kappa shape index (κ2) is 6.03. The Morgan fingerprint density at radius 3 is 2.65 bits per heavy atom. The van der Waals surface area contributed by atoms with Gasteiger partial charge in [0.1, 0.15) is 12.4 Å². The number of halogens is 1. The third kappa shape index (κ3) is 3.72. The van der Waals surface area contributed by atoms with E-state index in [1.807, 2.05) is 12.1 Å². The number of rotatable bonds is 5. The molecule has 1 aromatic heterocycles. The summed E-state index contributed by atoms with van der Waals surface area (Å²) < 4.78 is 6.21. The van der Waals surface area contributed by atoms with Gasteiger partial charge in [0.05, 0.1) is 4.88 Å². The number of aryl methyl sites for hydroxylation is 1. The van der Waals surface area contributed by atoms with Crippen LogP contribution in [0.25, 0.3) is 0 Å². The molecule has 2 rings (SSSR count). The van der Waals surface area contributed by atoms with Crippen LogP contribution in [0.4, 0.5) is 0 Å². The van der Waals surface area contributed by atoms with Gasteiger partial charge in [-0.3, -0.25) is 0 Å². The summed E-state index contributed by atoms with van der Waals surface area (Å²) in [6, 6.07) is 8.23. The molecular formula is C13H14ClNOS. The smallest absolute Gasteiger partial charge is 0.183 e. The molecular weight excluding hydrogens is 254 g/mol. The molecule has 0 radical (unpaired) electrons. The van der Waals surface area contributed by atoms with E-state index in [1.165, 1.54) is 23.3 Å². The van der Waals surface area contributed by atoms with Gasteiger partial charge >= 0.3 is 0 Å². The zero-order valence-corrected chi connectivity index (χ0v) is 11.2. The molecule has 17 heavy (non-hydrogen) atoms. The Kier molecular flexibility index (Phi) is 4.40. The zero-order chi connectivity index (χ0) is 12.1. The van der Waals surface area contributed by atoms with Crippen molar-refractivity contribution < 1.29 is 4.74 Å². The lowest BCUT2D eigenvalue weighted by Crippen LogP contribution is -1.93. The topological polar surface area (TPSA) is 22.1 Å². The molecule has 0 fully saturated rings. The number of benzene rings is 1. The molecule has 1 aromatic carbocycles. The van der Waals surface area contributed by atoms with Crippen molar-refractivity contribution in [3.63, 3.8) is 0 Å².